The van der Waals surface area contributed by atoms with E-state index in [0.29, 0.717) is 13.0 Å². The number of ether oxygens (including phenoxy) is 2. The van der Waals surface area contributed by atoms with E-state index >= 15 is 0 Å². The van der Waals surface area contributed by atoms with Crippen LogP contribution in [-0.2, 0) is 14.3 Å². The molecule has 1 N–H and O–H groups in total. The Morgan fingerprint density at radius 3 is 2.80 bits per heavy atom. The first kappa shape index (κ1) is 12.4. The fourth-order valence-electron chi connectivity index (χ4n) is 1.56. The molecule has 0 spiro atoms. The molecule has 0 saturated carbocycles. The van der Waals surface area contributed by atoms with Crippen molar-refractivity contribution < 1.29 is 19.4 Å². The maximum atomic E-state index is 10.8. The summed E-state index contributed by atoms with van der Waals surface area (Å²) in [5.41, 5.74) is 0. The van der Waals surface area contributed by atoms with Gasteiger partial charge in [0.2, 0.25) is 0 Å². The number of aliphatic hydroxyl groups is 1. The van der Waals surface area contributed by atoms with Crippen LogP contribution in [0.3, 0.4) is 0 Å². The summed E-state index contributed by atoms with van der Waals surface area (Å²) in [7, 11) is 1.36. The highest BCUT2D eigenvalue weighted by Crippen LogP contribution is 2.03. The number of hydrogen-bond acceptors (Lipinski definition) is 5. The number of aliphatic hydroxyl groups excluding tert-OH is 1. The smallest absolute Gasteiger partial charge is 0.305 e. The maximum Gasteiger partial charge on any atom is 0.305 e. The number of esters is 1. The zero-order chi connectivity index (χ0) is 11.1. The molecule has 1 saturated heterocycles. The predicted octanol–water partition coefficient (Wildman–Crippen LogP) is -0.367. The lowest BCUT2D eigenvalue weighted by atomic mass is 10.2. The number of morpholine rings is 1. The molecule has 0 radical (unpaired) electrons. The van der Waals surface area contributed by atoms with Gasteiger partial charge < -0.3 is 14.6 Å². The van der Waals surface area contributed by atoms with Crippen molar-refractivity contribution in [2.75, 3.05) is 40.0 Å². The molecule has 1 unspecified atom stereocenters. The van der Waals surface area contributed by atoms with Gasteiger partial charge in [0.05, 0.1) is 26.4 Å². The van der Waals surface area contributed by atoms with Gasteiger partial charge in [-0.15, -0.1) is 0 Å². The van der Waals surface area contributed by atoms with E-state index in [1.807, 2.05) is 0 Å². The lowest BCUT2D eigenvalue weighted by Gasteiger charge is -2.28. The maximum absolute atomic E-state index is 10.8. The van der Waals surface area contributed by atoms with Crippen LogP contribution in [0.4, 0.5) is 0 Å². The Morgan fingerprint density at radius 2 is 2.20 bits per heavy atom. The molecule has 0 aromatic carbocycles. The molecule has 0 aromatic heterocycles. The number of carbonyl (C=O) groups is 1. The fourth-order valence-corrected chi connectivity index (χ4v) is 1.56. The molecule has 1 heterocycles. The normalized spacial score (nSPS) is 19.9. The van der Waals surface area contributed by atoms with Crippen LogP contribution in [0.1, 0.15) is 12.8 Å². The molecule has 1 atom stereocenters. The van der Waals surface area contributed by atoms with E-state index in [-0.39, 0.29) is 12.4 Å². The average Bonchev–Trinajstić information content (AvgIpc) is 2.27. The van der Waals surface area contributed by atoms with E-state index in [1.165, 1.54) is 7.11 Å². The Labute approximate surface area is 90.0 Å². The van der Waals surface area contributed by atoms with E-state index in [9.17, 15) is 9.90 Å². The van der Waals surface area contributed by atoms with Crippen molar-refractivity contribution >= 4 is 5.97 Å². The third-order valence-electron chi connectivity index (χ3n) is 2.48. The summed E-state index contributed by atoms with van der Waals surface area (Å²) in [6.07, 6.45) is 0.286. The molecule has 1 aliphatic heterocycles. The van der Waals surface area contributed by atoms with Crippen molar-refractivity contribution in [3.63, 3.8) is 0 Å². The van der Waals surface area contributed by atoms with E-state index < -0.39 is 6.10 Å². The molecule has 0 amide bonds. The monoisotopic (exact) mass is 217 g/mol. The van der Waals surface area contributed by atoms with Gasteiger partial charge in [0.15, 0.2) is 0 Å². The molecule has 5 nitrogen and oxygen atoms in total. The van der Waals surface area contributed by atoms with Gasteiger partial charge in [0.1, 0.15) is 0 Å². The number of hydrogen-bond donors (Lipinski definition) is 1. The van der Waals surface area contributed by atoms with Crippen molar-refractivity contribution in [3.8, 4) is 0 Å². The van der Waals surface area contributed by atoms with Crippen LogP contribution in [0, 0.1) is 0 Å². The molecular formula is C10H19NO4. The van der Waals surface area contributed by atoms with Crippen molar-refractivity contribution in [1.82, 2.24) is 4.90 Å². The molecule has 15 heavy (non-hydrogen) atoms. The van der Waals surface area contributed by atoms with Crippen LogP contribution in [0.25, 0.3) is 0 Å². The van der Waals surface area contributed by atoms with E-state index in [4.69, 9.17) is 4.74 Å². The van der Waals surface area contributed by atoms with Crippen LogP contribution in [0.5, 0.6) is 0 Å². The molecule has 1 rings (SSSR count). The second-order valence-electron chi connectivity index (χ2n) is 3.68. The Bertz CT molecular complexity index is 192. The van der Waals surface area contributed by atoms with E-state index in [1.54, 1.807) is 0 Å². The number of carbonyl (C=O) groups excluding carboxylic acids is 1. The number of β-amino-alcohol motifs (C(OH)–C–C–N with tert-alkyl or cyclic N) is 1. The third-order valence-corrected chi connectivity index (χ3v) is 2.48. The van der Waals surface area contributed by atoms with Crippen molar-refractivity contribution in [2.45, 2.75) is 18.9 Å². The first-order valence-electron chi connectivity index (χ1n) is 5.27. The van der Waals surface area contributed by atoms with Crippen LogP contribution >= 0.6 is 0 Å². The van der Waals surface area contributed by atoms with Gasteiger partial charge in [-0.3, -0.25) is 9.69 Å². The highest BCUT2D eigenvalue weighted by Gasteiger charge is 2.15. The Balaban J connectivity index is 2.11. The van der Waals surface area contributed by atoms with E-state index in [0.717, 1.165) is 26.3 Å². The largest absolute Gasteiger partial charge is 0.469 e. The average molecular weight is 217 g/mol. The minimum atomic E-state index is -0.456. The minimum Gasteiger partial charge on any atom is -0.469 e. The number of methoxy groups -OCH3 is 1. The lowest BCUT2D eigenvalue weighted by Crippen LogP contribution is -2.41. The summed E-state index contributed by atoms with van der Waals surface area (Å²) in [4.78, 5) is 13.0. The highest BCUT2D eigenvalue weighted by molar-refractivity contribution is 5.69. The summed E-state index contributed by atoms with van der Waals surface area (Å²) in [6, 6.07) is 0. The van der Waals surface area contributed by atoms with Crippen molar-refractivity contribution in [1.29, 1.82) is 0 Å². The molecule has 0 aromatic rings. The second kappa shape index (κ2) is 6.76. The van der Waals surface area contributed by atoms with Crippen LogP contribution in [0.2, 0.25) is 0 Å². The van der Waals surface area contributed by atoms with Gasteiger partial charge in [0, 0.05) is 26.1 Å². The molecule has 1 fully saturated rings. The summed E-state index contributed by atoms with van der Waals surface area (Å²) < 4.78 is 9.71. The quantitative estimate of drug-likeness (QED) is 0.637. The van der Waals surface area contributed by atoms with Gasteiger partial charge in [0.25, 0.3) is 0 Å². The summed E-state index contributed by atoms with van der Waals surface area (Å²) in [5, 5.41) is 9.66. The zero-order valence-corrected chi connectivity index (χ0v) is 9.15. The van der Waals surface area contributed by atoms with Gasteiger partial charge in [-0.05, 0) is 6.42 Å². The lowest BCUT2D eigenvalue weighted by molar-refractivity contribution is -0.141. The first-order valence-corrected chi connectivity index (χ1v) is 5.27. The van der Waals surface area contributed by atoms with Crippen molar-refractivity contribution in [3.05, 3.63) is 0 Å². The SMILES string of the molecule is COC(=O)CCC(O)CN1CCOCC1. The summed E-state index contributed by atoms with van der Waals surface area (Å²) >= 11 is 0. The fraction of sp³-hybridized carbons (Fsp3) is 0.900. The summed E-state index contributed by atoms with van der Waals surface area (Å²) in [6.45, 7) is 3.78. The Kier molecular flexibility index (Phi) is 5.60. The van der Waals surface area contributed by atoms with E-state index in [2.05, 4.69) is 9.64 Å². The predicted molar refractivity (Wildman–Crippen MR) is 54.5 cm³/mol. The van der Waals surface area contributed by atoms with Gasteiger partial charge in [-0.2, -0.15) is 0 Å². The minimum absolute atomic E-state index is 0.268. The zero-order valence-electron chi connectivity index (χ0n) is 9.15. The second-order valence-corrected chi connectivity index (χ2v) is 3.68. The molecule has 88 valence electrons. The van der Waals surface area contributed by atoms with Gasteiger partial charge >= 0.3 is 5.97 Å². The molecule has 1 aliphatic rings. The molecular weight excluding hydrogens is 198 g/mol. The topological polar surface area (TPSA) is 59.0 Å². The standard InChI is InChI=1S/C10H19NO4/c1-14-10(13)3-2-9(12)8-11-4-6-15-7-5-11/h9,12H,2-8H2,1H3. The van der Waals surface area contributed by atoms with Crippen molar-refractivity contribution in [2.24, 2.45) is 0 Å². The van der Waals surface area contributed by atoms with Crippen LogP contribution in [0.15, 0.2) is 0 Å². The van der Waals surface area contributed by atoms with Crippen LogP contribution < -0.4 is 0 Å². The first-order chi connectivity index (χ1) is 7.22. The van der Waals surface area contributed by atoms with Gasteiger partial charge in [-0.25, -0.2) is 0 Å². The third kappa shape index (κ3) is 5.11. The summed E-state index contributed by atoms with van der Waals surface area (Å²) in [5.74, 6) is -0.268. The molecule has 0 aliphatic carbocycles. The highest BCUT2D eigenvalue weighted by atomic mass is 16.5. The number of rotatable bonds is 5. The Morgan fingerprint density at radius 1 is 1.53 bits per heavy atom. The molecule has 0 bridgehead atoms. The Hall–Kier alpha value is -0.650. The number of nitrogens with zero attached hydrogens (tertiary/aromatic N) is 1. The van der Waals surface area contributed by atoms with Crippen LogP contribution in [-0.4, -0.2) is 62.0 Å². The van der Waals surface area contributed by atoms with Gasteiger partial charge in [-0.1, -0.05) is 0 Å². The molecule has 5 heteroatoms.